The summed E-state index contributed by atoms with van der Waals surface area (Å²) in [6.45, 7) is 1.58. The summed E-state index contributed by atoms with van der Waals surface area (Å²) in [5.74, 6) is 2.13. The van der Waals surface area contributed by atoms with Crippen LogP contribution < -0.4 is 15.5 Å². The predicted molar refractivity (Wildman–Crippen MR) is 99.3 cm³/mol. The number of unbranched alkanes of at least 4 members (excludes halogenated alkanes) is 1. The summed E-state index contributed by atoms with van der Waals surface area (Å²) < 4.78 is 0. The number of rotatable bonds is 7. The lowest BCUT2D eigenvalue weighted by atomic mass is 10.2. The quantitative estimate of drug-likeness (QED) is 0.455. The number of hydrogen-bond donors (Lipinski definition) is 2. The number of nitrogens with one attached hydrogen (secondary N) is 2. The van der Waals surface area contributed by atoms with E-state index in [4.69, 9.17) is 0 Å². The highest BCUT2D eigenvalue weighted by Gasteiger charge is 2.30. The minimum absolute atomic E-state index is 0.0973. The van der Waals surface area contributed by atoms with E-state index in [0.29, 0.717) is 13.0 Å². The van der Waals surface area contributed by atoms with E-state index in [2.05, 4.69) is 21.9 Å². The van der Waals surface area contributed by atoms with Gasteiger partial charge in [-0.05, 0) is 37.0 Å². The van der Waals surface area contributed by atoms with Gasteiger partial charge in [-0.15, -0.1) is 0 Å². The molecule has 2 rings (SSSR count). The van der Waals surface area contributed by atoms with Crippen LogP contribution in [0.15, 0.2) is 35.3 Å². The van der Waals surface area contributed by atoms with Crippen molar-refractivity contribution in [1.29, 1.82) is 0 Å². The molecule has 0 aromatic heterocycles. The Labute approximate surface area is 142 Å². The van der Waals surface area contributed by atoms with E-state index < -0.39 is 0 Å². The first-order valence-electron chi connectivity index (χ1n) is 8.06. The van der Waals surface area contributed by atoms with Gasteiger partial charge in [-0.1, -0.05) is 18.2 Å². The molecule has 23 heavy (non-hydrogen) atoms. The van der Waals surface area contributed by atoms with Crippen molar-refractivity contribution in [3.8, 4) is 0 Å². The average molecular weight is 334 g/mol. The van der Waals surface area contributed by atoms with Crippen molar-refractivity contribution in [2.24, 2.45) is 4.99 Å². The van der Waals surface area contributed by atoms with Gasteiger partial charge < -0.3 is 15.5 Å². The van der Waals surface area contributed by atoms with Gasteiger partial charge in [-0.25, -0.2) is 0 Å². The van der Waals surface area contributed by atoms with E-state index in [0.717, 1.165) is 24.6 Å². The fourth-order valence-electron chi connectivity index (χ4n) is 2.63. The molecule has 5 nitrogen and oxygen atoms in total. The van der Waals surface area contributed by atoms with E-state index in [1.807, 2.05) is 47.0 Å². The number of nitrogens with zero attached hydrogens (tertiary/aromatic N) is 2. The molecule has 0 bridgehead atoms. The molecule has 1 fully saturated rings. The van der Waals surface area contributed by atoms with Gasteiger partial charge in [0.2, 0.25) is 5.91 Å². The molecule has 2 N–H and O–H groups in total. The highest BCUT2D eigenvalue weighted by atomic mass is 32.2. The Bertz CT molecular complexity index is 521. The van der Waals surface area contributed by atoms with Crippen molar-refractivity contribution in [3.63, 3.8) is 0 Å². The number of amides is 1. The Morgan fingerprint density at radius 2 is 2.13 bits per heavy atom. The first kappa shape index (κ1) is 17.7. The zero-order valence-corrected chi connectivity index (χ0v) is 14.7. The number of anilines is 1. The van der Waals surface area contributed by atoms with Crippen LogP contribution in [-0.2, 0) is 4.79 Å². The lowest BCUT2D eigenvalue weighted by Crippen LogP contribution is -2.44. The second-order valence-corrected chi connectivity index (χ2v) is 6.57. The number of thioether (sulfide) groups is 1. The molecule has 1 aromatic rings. The minimum atomic E-state index is 0.0973. The Kier molecular flexibility index (Phi) is 7.26. The van der Waals surface area contributed by atoms with Crippen molar-refractivity contribution in [3.05, 3.63) is 30.3 Å². The topological polar surface area (TPSA) is 56.7 Å². The van der Waals surface area contributed by atoms with Gasteiger partial charge in [0.25, 0.3) is 0 Å². The first-order valence-corrected chi connectivity index (χ1v) is 9.45. The first-order chi connectivity index (χ1) is 11.2. The van der Waals surface area contributed by atoms with Crippen molar-refractivity contribution in [2.75, 3.05) is 37.0 Å². The molecule has 0 saturated carbocycles. The van der Waals surface area contributed by atoms with Crippen LogP contribution in [0.1, 0.15) is 19.3 Å². The fraction of sp³-hybridized carbons (Fsp3) is 0.529. The summed E-state index contributed by atoms with van der Waals surface area (Å²) in [4.78, 5) is 18.3. The second kappa shape index (κ2) is 9.45. The third-order valence-corrected chi connectivity index (χ3v) is 4.52. The highest BCUT2D eigenvalue weighted by Crippen LogP contribution is 2.20. The number of para-hydroxylation sites is 1. The number of carbonyl (C=O) groups is 1. The van der Waals surface area contributed by atoms with Crippen LogP contribution in [0.5, 0.6) is 0 Å². The summed E-state index contributed by atoms with van der Waals surface area (Å²) in [5.41, 5.74) is 0.960. The number of carbonyl (C=O) groups excluding carboxylic acids is 1. The second-order valence-electron chi connectivity index (χ2n) is 5.58. The van der Waals surface area contributed by atoms with E-state index in [1.54, 1.807) is 7.05 Å². The van der Waals surface area contributed by atoms with Gasteiger partial charge in [-0.2, -0.15) is 11.8 Å². The third-order valence-electron chi connectivity index (χ3n) is 3.83. The molecule has 126 valence electrons. The standard InChI is InChI=1S/C17H26N4OS/c1-18-17(19-10-6-7-11-23-2)20-14-12-16(22)21(13-14)15-8-4-3-5-9-15/h3-5,8-9,14H,6-7,10-13H2,1-2H3,(H2,18,19,20). The molecular weight excluding hydrogens is 308 g/mol. The summed E-state index contributed by atoms with van der Waals surface area (Å²) >= 11 is 1.87. The van der Waals surface area contributed by atoms with Crippen LogP contribution >= 0.6 is 11.8 Å². The Hall–Kier alpha value is -1.69. The molecule has 1 atom stereocenters. The molecular formula is C17H26N4OS. The van der Waals surface area contributed by atoms with Gasteiger partial charge in [0.1, 0.15) is 0 Å². The van der Waals surface area contributed by atoms with E-state index >= 15 is 0 Å². The molecule has 1 aliphatic rings. The lowest BCUT2D eigenvalue weighted by molar-refractivity contribution is -0.117. The number of aliphatic imine (C=N–C) groups is 1. The smallest absolute Gasteiger partial charge is 0.229 e. The summed E-state index contributed by atoms with van der Waals surface area (Å²) in [7, 11) is 1.77. The maximum absolute atomic E-state index is 12.2. The maximum atomic E-state index is 12.2. The average Bonchev–Trinajstić information content (AvgIpc) is 2.94. The molecule has 1 aromatic carbocycles. The van der Waals surface area contributed by atoms with Gasteiger partial charge in [0.15, 0.2) is 5.96 Å². The molecule has 1 saturated heterocycles. The minimum Gasteiger partial charge on any atom is -0.356 e. The molecule has 1 amide bonds. The van der Waals surface area contributed by atoms with Gasteiger partial charge in [0, 0.05) is 32.2 Å². The molecule has 1 heterocycles. The molecule has 1 unspecified atom stereocenters. The molecule has 1 aliphatic heterocycles. The fourth-order valence-corrected chi connectivity index (χ4v) is 3.12. The molecule has 0 spiro atoms. The SMILES string of the molecule is CN=C(NCCCCSC)NC1CC(=O)N(c2ccccc2)C1. The summed E-state index contributed by atoms with van der Waals surface area (Å²) in [6, 6.07) is 9.91. The highest BCUT2D eigenvalue weighted by molar-refractivity contribution is 7.98. The molecule has 0 aliphatic carbocycles. The lowest BCUT2D eigenvalue weighted by Gasteiger charge is -2.19. The van der Waals surface area contributed by atoms with E-state index in [9.17, 15) is 4.79 Å². The van der Waals surface area contributed by atoms with E-state index in [1.165, 1.54) is 12.2 Å². The van der Waals surface area contributed by atoms with Crippen molar-refractivity contribution in [2.45, 2.75) is 25.3 Å². The van der Waals surface area contributed by atoms with Crippen molar-refractivity contribution >= 4 is 29.3 Å². The van der Waals surface area contributed by atoms with Crippen molar-refractivity contribution < 1.29 is 4.79 Å². The normalized spacial score (nSPS) is 18.3. The maximum Gasteiger partial charge on any atom is 0.229 e. The zero-order valence-electron chi connectivity index (χ0n) is 13.9. The van der Waals surface area contributed by atoms with Crippen LogP contribution in [0.3, 0.4) is 0 Å². The van der Waals surface area contributed by atoms with Gasteiger partial charge in [0.05, 0.1) is 6.04 Å². The monoisotopic (exact) mass is 334 g/mol. The van der Waals surface area contributed by atoms with Crippen molar-refractivity contribution in [1.82, 2.24) is 10.6 Å². The third kappa shape index (κ3) is 5.46. The summed E-state index contributed by atoms with van der Waals surface area (Å²) in [5, 5.41) is 6.68. The van der Waals surface area contributed by atoms with Gasteiger partial charge >= 0.3 is 0 Å². The van der Waals surface area contributed by atoms with Gasteiger partial charge in [-0.3, -0.25) is 9.79 Å². The predicted octanol–water partition coefficient (Wildman–Crippen LogP) is 2.10. The van der Waals surface area contributed by atoms with E-state index in [-0.39, 0.29) is 11.9 Å². The Morgan fingerprint density at radius 3 is 2.83 bits per heavy atom. The van der Waals surface area contributed by atoms with Crippen LogP contribution in [0.2, 0.25) is 0 Å². The zero-order chi connectivity index (χ0) is 16.5. The van der Waals surface area contributed by atoms with Crippen LogP contribution in [0, 0.1) is 0 Å². The van der Waals surface area contributed by atoms with Crippen LogP contribution in [0.4, 0.5) is 5.69 Å². The largest absolute Gasteiger partial charge is 0.356 e. The summed E-state index contributed by atoms with van der Waals surface area (Å²) in [6.07, 6.45) is 4.96. The number of benzene rings is 1. The molecule has 6 heteroatoms. The Morgan fingerprint density at radius 1 is 1.35 bits per heavy atom. The number of hydrogen-bond acceptors (Lipinski definition) is 3. The van der Waals surface area contributed by atoms with Crippen LogP contribution in [-0.4, -0.2) is 50.1 Å². The number of guanidine groups is 1. The Balaban J connectivity index is 1.80. The molecule has 0 radical (unpaired) electrons. The van der Waals surface area contributed by atoms with Crippen LogP contribution in [0.25, 0.3) is 0 Å².